The highest BCUT2D eigenvalue weighted by atomic mass is 35.5. The highest BCUT2D eigenvalue weighted by molar-refractivity contribution is 6.30. The average molecular weight is 380 g/mol. The number of carbonyl (C=O) groups is 2. The monoisotopic (exact) mass is 379 g/mol. The molecule has 0 unspecified atom stereocenters. The van der Waals surface area contributed by atoms with Gasteiger partial charge in [0.15, 0.2) is 0 Å². The third-order valence-corrected chi connectivity index (χ3v) is 4.72. The van der Waals surface area contributed by atoms with Crippen LogP contribution >= 0.6 is 11.6 Å². The maximum atomic E-state index is 12.6. The second-order valence-corrected chi connectivity index (χ2v) is 6.28. The first-order valence-electron chi connectivity index (χ1n) is 8.09. The van der Waals surface area contributed by atoms with Crippen molar-refractivity contribution in [3.63, 3.8) is 0 Å². The zero-order valence-electron chi connectivity index (χ0n) is 15.2. The molecule has 1 aromatic rings. The molecular formula is C19H22ClNO5. The lowest BCUT2D eigenvalue weighted by molar-refractivity contribution is -0.137. The molecule has 0 atom stereocenters. The van der Waals surface area contributed by atoms with Crippen LogP contribution in [0.4, 0.5) is 0 Å². The van der Waals surface area contributed by atoms with Crippen LogP contribution in [0.5, 0.6) is 0 Å². The Bertz CT molecular complexity index is 744. The predicted octanol–water partition coefficient (Wildman–Crippen LogP) is 2.63. The van der Waals surface area contributed by atoms with Gasteiger partial charge in [0.25, 0.3) is 0 Å². The molecule has 1 aliphatic heterocycles. The fourth-order valence-corrected chi connectivity index (χ4v) is 3.51. The van der Waals surface area contributed by atoms with Crippen molar-refractivity contribution in [1.82, 2.24) is 4.90 Å². The fourth-order valence-electron chi connectivity index (χ4n) is 3.31. The van der Waals surface area contributed by atoms with Crippen molar-refractivity contribution in [3.05, 3.63) is 57.4 Å². The Balaban J connectivity index is 2.79. The van der Waals surface area contributed by atoms with Gasteiger partial charge in [-0.05, 0) is 31.5 Å². The molecule has 0 amide bonds. The van der Waals surface area contributed by atoms with E-state index in [4.69, 9.17) is 21.1 Å². The number of benzene rings is 1. The molecule has 140 valence electrons. The van der Waals surface area contributed by atoms with Crippen molar-refractivity contribution in [2.24, 2.45) is 0 Å². The van der Waals surface area contributed by atoms with Crippen molar-refractivity contribution < 1.29 is 24.2 Å². The molecule has 7 heteroatoms. The van der Waals surface area contributed by atoms with E-state index in [1.54, 1.807) is 43.0 Å². The lowest BCUT2D eigenvalue weighted by atomic mass is 9.79. The number of allylic oxidation sites excluding steroid dienone is 2. The molecule has 0 bridgehead atoms. The Morgan fingerprint density at radius 3 is 2.08 bits per heavy atom. The first-order valence-corrected chi connectivity index (χ1v) is 8.47. The summed E-state index contributed by atoms with van der Waals surface area (Å²) in [6, 6.07) is 6.98. The van der Waals surface area contributed by atoms with E-state index in [0.717, 1.165) is 0 Å². The highest BCUT2D eigenvalue weighted by Crippen LogP contribution is 2.43. The van der Waals surface area contributed by atoms with Crippen LogP contribution in [-0.2, 0) is 19.1 Å². The minimum atomic E-state index is -0.677. The van der Waals surface area contributed by atoms with Crippen LogP contribution in [0.1, 0.15) is 25.3 Å². The molecule has 1 aliphatic rings. The van der Waals surface area contributed by atoms with E-state index in [1.165, 1.54) is 14.2 Å². The van der Waals surface area contributed by atoms with E-state index in [-0.39, 0.29) is 13.2 Å². The number of rotatable bonds is 5. The molecule has 0 aromatic heterocycles. The first-order chi connectivity index (χ1) is 12.4. The number of nitrogens with zero attached hydrogens (tertiary/aromatic N) is 1. The van der Waals surface area contributed by atoms with Crippen LogP contribution in [0.3, 0.4) is 0 Å². The average Bonchev–Trinajstić information content (AvgIpc) is 2.63. The summed E-state index contributed by atoms with van der Waals surface area (Å²) >= 11 is 6.13. The Labute approximate surface area is 157 Å². The summed E-state index contributed by atoms with van der Waals surface area (Å²) < 4.78 is 9.94. The van der Waals surface area contributed by atoms with Crippen LogP contribution in [0.15, 0.2) is 46.8 Å². The van der Waals surface area contributed by atoms with Gasteiger partial charge < -0.3 is 19.5 Å². The third-order valence-electron chi connectivity index (χ3n) is 4.48. The van der Waals surface area contributed by atoms with Crippen molar-refractivity contribution >= 4 is 23.5 Å². The van der Waals surface area contributed by atoms with Crippen LogP contribution in [0.25, 0.3) is 0 Å². The van der Waals surface area contributed by atoms with Crippen LogP contribution in [-0.4, -0.2) is 49.3 Å². The van der Waals surface area contributed by atoms with E-state index in [9.17, 15) is 14.7 Å². The molecule has 1 heterocycles. The number of esters is 2. The second kappa shape index (κ2) is 8.38. The van der Waals surface area contributed by atoms with E-state index >= 15 is 0 Å². The lowest BCUT2D eigenvalue weighted by Gasteiger charge is -2.37. The molecule has 0 saturated heterocycles. The zero-order valence-corrected chi connectivity index (χ0v) is 16.0. The van der Waals surface area contributed by atoms with Crippen molar-refractivity contribution in [1.29, 1.82) is 0 Å². The normalized spacial score (nSPS) is 15.4. The molecule has 6 nitrogen and oxygen atoms in total. The van der Waals surface area contributed by atoms with Gasteiger partial charge in [-0.25, -0.2) is 9.59 Å². The summed E-state index contributed by atoms with van der Waals surface area (Å²) in [5, 5.41) is 9.89. The molecular weight excluding hydrogens is 358 g/mol. The van der Waals surface area contributed by atoms with Gasteiger partial charge in [0.05, 0.1) is 37.9 Å². The second-order valence-electron chi connectivity index (χ2n) is 5.84. The van der Waals surface area contributed by atoms with E-state index in [2.05, 4.69) is 0 Å². The number of ether oxygens (including phenoxy) is 2. The quantitative estimate of drug-likeness (QED) is 0.792. The molecule has 1 aromatic carbocycles. The third kappa shape index (κ3) is 3.61. The number of hydrogen-bond acceptors (Lipinski definition) is 6. The largest absolute Gasteiger partial charge is 0.466 e. The highest BCUT2D eigenvalue weighted by Gasteiger charge is 2.40. The summed E-state index contributed by atoms with van der Waals surface area (Å²) in [6.45, 7) is 3.62. The number of methoxy groups -OCH3 is 2. The van der Waals surface area contributed by atoms with Crippen LogP contribution < -0.4 is 0 Å². The Kier molecular flexibility index (Phi) is 6.45. The number of β-amino-alcohol motifs (C(OH)–C–C–N with tert-alkyl or cyclic N) is 1. The summed E-state index contributed by atoms with van der Waals surface area (Å²) in [5.41, 5.74) is 2.53. The summed E-state index contributed by atoms with van der Waals surface area (Å²) in [7, 11) is 2.58. The zero-order chi connectivity index (χ0) is 19.4. The minimum Gasteiger partial charge on any atom is -0.466 e. The number of hydrogen-bond donors (Lipinski definition) is 1. The number of carbonyl (C=O) groups excluding carboxylic acids is 2. The van der Waals surface area contributed by atoms with Gasteiger partial charge in [-0.1, -0.05) is 23.7 Å². The minimum absolute atomic E-state index is 0.139. The standard InChI is InChI=1S/C19H22ClNO5/c1-11-15(18(23)25-3)17(13-6-5-7-14(20)10-13)16(19(24)26-4)12(2)21(11)8-9-22/h5-7,10,17,22H,8-9H2,1-4H3. The van der Waals surface area contributed by atoms with Crippen LogP contribution in [0, 0.1) is 0 Å². The molecule has 0 saturated carbocycles. The summed E-state index contributed by atoms with van der Waals surface area (Å²) in [6.07, 6.45) is 0. The molecule has 0 spiro atoms. The number of halogens is 1. The number of aliphatic hydroxyl groups is 1. The lowest BCUT2D eigenvalue weighted by Crippen LogP contribution is -2.36. The van der Waals surface area contributed by atoms with Gasteiger partial charge in [-0.15, -0.1) is 0 Å². The Morgan fingerprint density at radius 1 is 1.12 bits per heavy atom. The number of aliphatic hydroxyl groups excluding tert-OH is 1. The summed E-state index contributed by atoms with van der Waals surface area (Å²) in [5.74, 6) is -1.78. The Morgan fingerprint density at radius 2 is 1.65 bits per heavy atom. The molecule has 0 radical (unpaired) electrons. The fraction of sp³-hybridized carbons (Fsp3) is 0.368. The molecule has 0 aliphatic carbocycles. The van der Waals surface area contributed by atoms with Crippen molar-refractivity contribution in [3.8, 4) is 0 Å². The van der Waals surface area contributed by atoms with Gasteiger partial charge in [0.2, 0.25) is 0 Å². The van der Waals surface area contributed by atoms with E-state index in [1.807, 2.05) is 0 Å². The van der Waals surface area contributed by atoms with E-state index in [0.29, 0.717) is 33.1 Å². The molecule has 2 rings (SSSR count). The SMILES string of the molecule is COC(=O)C1=C(C)N(CCO)C(C)=C(C(=O)OC)C1c1cccc(Cl)c1. The van der Waals surface area contributed by atoms with Crippen molar-refractivity contribution in [2.75, 3.05) is 27.4 Å². The van der Waals surface area contributed by atoms with Gasteiger partial charge >= 0.3 is 11.9 Å². The van der Waals surface area contributed by atoms with Gasteiger partial charge in [-0.2, -0.15) is 0 Å². The topological polar surface area (TPSA) is 76.1 Å². The molecule has 0 fully saturated rings. The maximum Gasteiger partial charge on any atom is 0.336 e. The summed E-state index contributed by atoms with van der Waals surface area (Å²) in [4.78, 5) is 26.9. The Hall–Kier alpha value is -2.31. The van der Waals surface area contributed by atoms with E-state index < -0.39 is 17.9 Å². The van der Waals surface area contributed by atoms with Gasteiger partial charge in [-0.3, -0.25) is 0 Å². The molecule has 1 N–H and O–H groups in total. The van der Waals surface area contributed by atoms with Gasteiger partial charge in [0.1, 0.15) is 0 Å². The van der Waals surface area contributed by atoms with Gasteiger partial charge in [0, 0.05) is 23.0 Å². The smallest absolute Gasteiger partial charge is 0.336 e. The van der Waals surface area contributed by atoms with Crippen molar-refractivity contribution in [2.45, 2.75) is 19.8 Å². The predicted molar refractivity (Wildman–Crippen MR) is 97.4 cm³/mol. The van der Waals surface area contributed by atoms with Crippen LogP contribution in [0.2, 0.25) is 5.02 Å². The molecule has 26 heavy (non-hydrogen) atoms. The maximum absolute atomic E-state index is 12.6. The first kappa shape index (κ1) is 20.0.